The van der Waals surface area contributed by atoms with Crippen molar-refractivity contribution in [2.75, 3.05) is 43.6 Å². The lowest BCUT2D eigenvalue weighted by molar-refractivity contribution is -0.123. The molecule has 0 radical (unpaired) electrons. The number of benzene rings is 1. The molecule has 154 valence electrons. The second kappa shape index (κ2) is 9.86. The number of nitrogens with zero attached hydrogens (tertiary/aromatic N) is 5. The van der Waals surface area contributed by atoms with E-state index in [9.17, 15) is 4.79 Å². The molecule has 1 aromatic carbocycles. The van der Waals surface area contributed by atoms with Gasteiger partial charge < -0.3 is 14.5 Å². The monoisotopic (exact) mass is 396 g/mol. The van der Waals surface area contributed by atoms with E-state index < -0.39 is 0 Å². The predicted molar refractivity (Wildman–Crippen MR) is 115 cm³/mol. The minimum Gasteiger partial charge on any atom is -0.467 e. The molecular weight excluding hydrogens is 368 g/mol. The van der Waals surface area contributed by atoms with Gasteiger partial charge in [0.2, 0.25) is 11.8 Å². The zero-order chi connectivity index (χ0) is 20.6. The van der Waals surface area contributed by atoms with Crippen LogP contribution in [-0.4, -0.2) is 55.9 Å². The first-order valence-electron chi connectivity index (χ1n) is 9.84. The van der Waals surface area contributed by atoms with Crippen LogP contribution in [0.4, 0.5) is 11.6 Å². The van der Waals surface area contributed by atoms with Gasteiger partial charge in [-0.2, -0.15) is 10.1 Å². The van der Waals surface area contributed by atoms with Gasteiger partial charge in [-0.05, 0) is 43.9 Å². The van der Waals surface area contributed by atoms with Crippen LogP contribution in [0.5, 0.6) is 5.88 Å². The topological polar surface area (TPSA) is 82.9 Å². The standard InChI is InChI=1S/C21H28N6O2/c1-16-13-20(24-21(23-16)27-11-5-4-6-12-27)29-15-19(28)25-22-14-17-7-9-18(10-8-17)26(2)3/h7-10,13-14H,4-6,11-12,15H2,1-3H3,(H,25,28). The Morgan fingerprint density at radius 1 is 1.21 bits per heavy atom. The number of aromatic nitrogens is 2. The molecule has 1 aromatic heterocycles. The molecule has 0 atom stereocenters. The minimum atomic E-state index is -0.345. The highest BCUT2D eigenvalue weighted by Gasteiger charge is 2.15. The highest BCUT2D eigenvalue weighted by molar-refractivity contribution is 5.83. The Morgan fingerprint density at radius 2 is 1.93 bits per heavy atom. The summed E-state index contributed by atoms with van der Waals surface area (Å²) < 4.78 is 5.56. The lowest BCUT2D eigenvalue weighted by atomic mass is 10.1. The number of hydrogen-bond donors (Lipinski definition) is 1. The van der Waals surface area contributed by atoms with Gasteiger partial charge in [-0.25, -0.2) is 10.4 Å². The van der Waals surface area contributed by atoms with Crippen LogP contribution in [0.15, 0.2) is 35.4 Å². The molecule has 29 heavy (non-hydrogen) atoms. The molecule has 2 heterocycles. The Morgan fingerprint density at radius 3 is 2.62 bits per heavy atom. The number of amides is 1. The number of piperidine rings is 1. The number of nitrogens with one attached hydrogen (secondary N) is 1. The first-order chi connectivity index (χ1) is 14.0. The summed E-state index contributed by atoms with van der Waals surface area (Å²) in [4.78, 5) is 25.1. The van der Waals surface area contributed by atoms with Gasteiger partial charge in [0, 0.05) is 44.6 Å². The van der Waals surface area contributed by atoms with E-state index >= 15 is 0 Å². The van der Waals surface area contributed by atoms with Crippen LogP contribution in [0.1, 0.15) is 30.5 Å². The molecule has 8 heteroatoms. The first kappa shape index (κ1) is 20.6. The molecule has 0 aliphatic carbocycles. The number of carbonyl (C=O) groups excluding carboxylic acids is 1. The molecule has 0 saturated carbocycles. The van der Waals surface area contributed by atoms with Crippen molar-refractivity contribution in [2.24, 2.45) is 5.10 Å². The fraction of sp³-hybridized carbons (Fsp3) is 0.429. The average Bonchev–Trinajstić information content (AvgIpc) is 2.73. The molecule has 1 amide bonds. The molecule has 2 aromatic rings. The number of carbonyl (C=O) groups is 1. The van der Waals surface area contributed by atoms with Crippen molar-refractivity contribution < 1.29 is 9.53 Å². The molecule has 1 N–H and O–H groups in total. The van der Waals surface area contributed by atoms with Crippen LogP contribution >= 0.6 is 0 Å². The molecule has 8 nitrogen and oxygen atoms in total. The second-order valence-electron chi connectivity index (χ2n) is 7.26. The first-order valence-corrected chi connectivity index (χ1v) is 9.84. The van der Waals surface area contributed by atoms with Gasteiger partial charge in [-0.1, -0.05) is 12.1 Å². The highest BCUT2D eigenvalue weighted by atomic mass is 16.5. The molecule has 1 aliphatic heterocycles. The summed E-state index contributed by atoms with van der Waals surface area (Å²) in [5.41, 5.74) is 5.29. The van der Waals surface area contributed by atoms with E-state index in [-0.39, 0.29) is 12.5 Å². The van der Waals surface area contributed by atoms with E-state index in [1.54, 1.807) is 12.3 Å². The van der Waals surface area contributed by atoms with E-state index in [4.69, 9.17) is 4.74 Å². The Balaban J connectivity index is 1.50. The van der Waals surface area contributed by atoms with Gasteiger partial charge in [0.15, 0.2) is 6.61 Å². The Hall–Kier alpha value is -3.16. The Bertz CT molecular complexity index is 845. The number of aryl methyl sites for hydroxylation is 1. The lowest BCUT2D eigenvalue weighted by Crippen LogP contribution is -2.31. The van der Waals surface area contributed by atoms with Crippen LogP contribution in [0, 0.1) is 6.92 Å². The average molecular weight is 396 g/mol. The zero-order valence-corrected chi connectivity index (χ0v) is 17.3. The lowest BCUT2D eigenvalue weighted by Gasteiger charge is -2.26. The highest BCUT2D eigenvalue weighted by Crippen LogP contribution is 2.19. The largest absolute Gasteiger partial charge is 0.467 e. The quantitative estimate of drug-likeness (QED) is 0.571. The SMILES string of the molecule is Cc1cc(OCC(=O)NN=Cc2ccc(N(C)C)cc2)nc(N2CCCCC2)n1. The maximum Gasteiger partial charge on any atom is 0.278 e. The van der Waals surface area contributed by atoms with Crippen molar-refractivity contribution in [3.8, 4) is 5.88 Å². The summed E-state index contributed by atoms with van der Waals surface area (Å²) in [6.45, 7) is 3.64. The maximum absolute atomic E-state index is 12.0. The normalized spacial score (nSPS) is 14.1. The summed E-state index contributed by atoms with van der Waals surface area (Å²) in [7, 11) is 3.97. The summed E-state index contributed by atoms with van der Waals surface area (Å²) in [5.74, 6) is 0.720. The van der Waals surface area contributed by atoms with Gasteiger partial charge in [0.1, 0.15) is 0 Å². The molecule has 0 spiro atoms. The summed E-state index contributed by atoms with van der Waals surface area (Å²) >= 11 is 0. The Labute approximate surface area is 171 Å². The van der Waals surface area contributed by atoms with E-state index in [0.717, 1.165) is 42.9 Å². The van der Waals surface area contributed by atoms with Gasteiger partial charge in [0.25, 0.3) is 5.91 Å². The van der Waals surface area contributed by atoms with Crippen LogP contribution in [0.2, 0.25) is 0 Å². The number of hydrazone groups is 1. The molecule has 1 aliphatic rings. The third-order valence-corrected chi connectivity index (χ3v) is 4.62. The van der Waals surface area contributed by atoms with E-state index in [1.807, 2.05) is 50.2 Å². The Kier molecular flexibility index (Phi) is 6.99. The van der Waals surface area contributed by atoms with Crippen LogP contribution < -0.4 is 20.0 Å². The van der Waals surface area contributed by atoms with Gasteiger partial charge in [-0.3, -0.25) is 4.79 Å². The van der Waals surface area contributed by atoms with Crippen LogP contribution in [0.3, 0.4) is 0 Å². The fourth-order valence-electron chi connectivity index (χ4n) is 3.04. The molecule has 1 fully saturated rings. The predicted octanol–water partition coefficient (Wildman–Crippen LogP) is 2.37. The van der Waals surface area contributed by atoms with Crippen molar-refractivity contribution in [3.63, 3.8) is 0 Å². The zero-order valence-electron chi connectivity index (χ0n) is 17.3. The number of rotatable bonds is 7. The molecular formula is C21H28N6O2. The second-order valence-corrected chi connectivity index (χ2v) is 7.26. The van der Waals surface area contributed by atoms with Gasteiger partial charge in [-0.15, -0.1) is 0 Å². The number of ether oxygens (including phenoxy) is 1. The molecule has 3 rings (SSSR count). The summed E-state index contributed by atoms with van der Waals surface area (Å²) in [5, 5.41) is 3.98. The van der Waals surface area contributed by atoms with E-state index in [1.165, 1.54) is 6.42 Å². The number of hydrogen-bond acceptors (Lipinski definition) is 7. The van der Waals surface area contributed by atoms with Gasteiger partial charge >= 0.3 is 0 Å². The van der Waals surface area contributed by atoms with Crippen molar-refractivity contribution in [3.05, 3.63) is 41.6 Å². The molecule has 0 unspecified atom stereocenters. The van der Waals surface area contributed by atoms with Crippen LogP contribution in [-0.2, 0) is 4.79 Å². The van der Waals surface area contributed by atoms with Crippen molar-refractivity contribution in [2.45, 2.75) is 26.2 Å². The molecule has 0 bridgehead atoms. The van der Waals surface area contributed by atoms with Crippen molar-refractivity contribution >= 4 is 23.8 Å². The third-order valence-electron chi connectivity index (χ3n) is 4.62. The van der Waals surface area contributed by atoms with E-state index in [2.05, 4.69) is 25.4 Å². The third kappa shape index (κ3) is 6.17. The van der Waals surface area contributed by atoms with Crippen molar-refractivity contribution in [1.82, 2.24) is 15.4 Å². The van der Waals surface area contributed by atoms with Crippen molar-refractivity contribution in [1.29, 1.82) is 0 Å². The van der Waals surface area contributed by atoms with Crippen LogP contribution in [0.25, 0.3) is 0 Å². The molecule has 1 saturated heterocycles. The van der Waals surface area contributed by atoms with E-state index in [0.29, 0.717) is 11.8 Å². The maximum atomic E-state index is 12.0. The fourth-order valence-corrected chi connectivity index (χ4v) is 3.04. The minimum absolute atomic E-state index is 0.160. The summed E-state index contributed by atoms with van der Waals surface area (Å²) in [6.07, 6.45) is 5.13. The van der Waals surface area contributed by atoms with Gasteiger partial charge in [0.05, 0.1) is 6.21 Å². The summed E-state index contributed by atoms with van der Waals surface area (Å²) in [6, 6.07) is 9.59. The smallest absolute Gasteiger partial charge is 0.278 e. The number of anilines is 2.